The van der Waals surface area contributed by atoms with Gasteiger partial charge < -0.3 is 40.3 Å². The molecule has 52 heavy (non-hydrogen) atoms. The van der Waals surface area contributed by atoms with Crippen molar-refractivity contribution >= 4 is 5.91 Å². The van der Waals surface area contributed by atoms with Crippen LogP contribution in [0, 0.1) is 0 Å². The lowest BCUT2D eigenvalue weighted by Crippen LogP contribution is -2.60. The van der Waals surface area contributed by atoms with E-state index in [4.69, 9.17) is 9.47 Å². The first-order valence-corrected chi connectivity index (χ1v) is 21.2. The van der Waals surface area contributed by atoms with Crippen LogP contribution in [-0.4, -0.2) is 87.5 Å². The lowest BCUT2D eigenvalue weighted by molar-refractivity contribution is -0.302. The van der Waals surface area contributed by atoms with Crippen LogP contribution in [0.1, 0.15) is 174 Å². The summed E-state index contributed by atoms with van der Waals surface area (Å²) in [6.07, 6.45) is 36.0. The first-order chi connectivity index (χ1) is 25.3. The van der Waals surface area contributed by atoms with E-state index in [0.29, 0.717) is 0 Å². The number of allylic oxidation sites excluding steroid dienone is 5. The minimum atomic E-state index is -1.57. The monoisotopic (exact) mass is 738 g/mol. The molecule has 0 spiro atoms. The van der Waals surface area contributed by atoms with Crippen molar-refractivity contribution in [3.63, 3.8) is 0 Å². The van der Waals surface area contributed by atoms with Gasteiger partial charge in [0, 0.05) is 6.42 Å². The van der Waals surface area contributed by atoms with E-state index in [9.17, 15) is 30.3 Å². The molecule has 9 nitrogen and oxygen atoms in total. The summed E-state index contributed by atoms with van der Waals surface area (Å²) in [5, 5.41) is 52.9. The van der Waals surface area contributed by atoms with Crippen molar-refractivity contribution in [2.24, 2.45) is 0 Å². The molecule has 1 amide bonds. The van der Waals surface area contributed by atoms with Gasteiger partial charge in [-0.1, -0.05) is 166 Å². The molecule has 1 saturated heterocycles. The summed E-state index contributed by atoms with van der Waals surface area (Å²) in [4.78, 5) is 12.0. The van der Waals surface area contributed by atoms with E-state index >= 15 is 0 Å². The molecule has 0 bridgehead atoms. The largest absolute Gasteiger partial charge is 0.394 e. The molecule has 0 aromatic carbocycles. The van der Waals surface area contributed by atoms with Crippen molar-refractivity contribution < 1.29 is 39.8 Å². The molecule has 7 unspecified atom stereocenters. The number of ether oxygens (including phenoxy) is 2. The predicted octanol–water partition coefficient (Wildman–Crippen LogP) is 8.11. The van der Waals surface area contributed by atoms with E-state index in [2.05, 4.69) is 36.5 Å². The van der Waals surface area contributed by atoms with Gasteiger partial charge in [-0.3, -0.25) is 4.79 Å². The van der Waals surface area contributed by atoms with Gasteiger partial charge in [-0.25, -0.2) is 0 Å². The molecule has 0 radical (unpaired) electrons. The molecule has 0 aromatic rings. The van der Waals surface area contributed by atoms with Gasteiger partial charge >= 0.3 is 0 Å². The average molecular weight is 738 g/mol. The number of carbonyl (C=O) groups is 1. The zero-order chi connectivity index (χ0) is 38.1. The molecule has 1 rings (SSSR count). The first kappa shape index (κ1) is 48.4. The third-order valence-electron chi connectivity index (χ3n) is 10.0. The first-order valence-electron chi connectivity index (χ1n) is 21.2. The van der Waals surface area contributed by atoms with Gasteiger partial charge in [-0.2, -0.15) is 0 Å². The number of unbranched alkanes of at least 4 members (excludes halogenated alkanes) is 21. The lowest BCUT2D eigenvalue weighted by atomic mass is 9.99. The zero-order valence-electron chi connectivity index (χ0n) is 33.1. The summed E-state index contributed by atoms with van der Waals surface area (Å²) in [6.45, 7) is 3.19. The van der Waals surface area contributed by atoms with E-state index in [0.717, 1.165) is 25.7 Å². The van der Waals surface area contributed by atoms with Crippen molar-refractivity contribution in [3.8, 4) is 0 Å². The van der Waals surface area contributed by atoms with Gasteiger partial charge in [0.2, 0.25) is 5.91 Å². The molecule has 1 heterocycles. The second-order valence-corrected chi connectivity index (χ2v) is 14.7. The number of hydrogen-bond acceptors (Lipinski definition) is 8. The SMILES string of the molecule is CCCCCCCCCCCCCCCCCCCCC/C=C/CC/C=C/CC/C=C/C(O)C(COC1OC(CO)C(O)C(O)C1O)NC(=O)CC. The van der Waals surface area contributed by atoms with Crippen LogP contribution >= 0.6 is 0 Å². The Hall–Kier alpha value is -1.59. The van der Waals surface area contributed by atoms with Crippen LogP contribution in [0.2, 0.25) is 0 Å². The van der Waals surface area contributed by atoms with Crippen LogP contribution in [0.15, 0.2) is 36.5 Å². The lowest BCUT2D eigenvalue weighted by Gasteiger charge is -2.40. The highest BCUT2D eigenvalue weighted by Crippen LogP contribution is 2.22. The van der Waals surface area contributed by atoms with E-state index in [1.807, 2.05) is 6.08 Å². The Morgan fingerprint density at radius 2 is 1.08 bits per heavy atom. The summed E-state index contributed by atoms with van der Waals surface area (Å²) >= 11 is 0. The second kappa shape index (κ2) is 33.9. The summed E-state index contributed by atoms with van der Waals surface area (Å²) in [5.41, 5.74) is 0. The molecule has 6 N–H and O–H groups in total. The molecule has 0 aromatic heterocycles. The van der Waals surface area contributed by atoms with Crippen LogP contribution in [0.3, 0.4) is 0 Å². The van der Waals surface area contributed by atoms with Crippen molar-refractivity contribution in [2.45, 2.75) is 217 Å². The van der Waals surface area contributed by atoms with Crippen LogP contribution in [-0.2, 0) is 14.3 Å². The highest BCUT2D eigenvalue weighted by molar-refractivity contribution is 5.75. The molecule has 1 aliphatic rings. The van der Waals surface area contributed by atoms with Crippen LogP contribution < -0.4 is 5.32 Å². The molecule has 304 valence electrons. The Bertz CT molecular complexity index is 910. The quantitative estimate of drug-likeness (QED) is 0.0287. The van der Waals surface area contributed by atoms with Crippen molar-refractivity contribution in [1.29, 1.82) is 0 Å². The fourth-order valence-corrected chi connectivity index (χ4v) is 6.50. The van der Waals surface area contributed by atoms with E-state index in [1.165, 1.54) is 128 Å². The smallest absolute Gasteiger partial charge is 0.220 e. The van der Waals surface area contributed by atoms with Crippen LogP contribution in [0.25, 0.3) is 0 Å². The van der Waals surface area contributed by atoms with Crippen LogP contribution in [0.4, 0.5) is 0 Å². The number of amides is 1. The Morgan fingerprint density at radius 1 is 0.635 bits per heavy atom. The number of carbonyl (C=O) groups excluding carboxylic acids is 1. The number of aliphatic hydroxyl groups excluding tert-OH is 5. The van der Waals surface area contributed by atoms with E-state index in [1.54, 1.807) is 13.0 Å². The van der Waals surface area contributed by atoms with E-state index in [-0.39, 0.29) is 18.9 Å². The van der Waals surface area contributed by atoms with Gasteiger partial charge in [-0.15, -0.1) is 0 Å². The zero-order valence-corrected chi connectivity index (χ0v) is 33.1. The van der Waals surface area contributed by atoms with Gasteiger partial charge in [0.25, 0.3) is 0 Å². The second-order valence-electron chi connectivity index (χ2n) is 14.7. The minimum absolute atomic E-state index is 0.215. The van der Waals surface area contributed by atoms with Gasteiger partial charge in [0.1, 0.15) is 24.4 Å². The highest BCUT2D eigenvalue weighted by Gasteiger charge is 2.44. The normalized spacial score (nSPS) is 22.2. The highest BCUT2D eigenvalue weighted by atomic mass is 16.7. The summed E-state index contributed by atoms with van der Waals surface area (Å²) in [7, 11) is 0. The summed E-state index contributed by atoms with van der Waals surface area (Å²) < 4.78 is 10.9. The predicted molar refractivity (Wildman–Crippen MR) is 212 cm³/mol. The molecule has 1 aliphatic heterocycles. The number of rotatable bonds is 34. The molecule has 0 saturated carbocycles. The molecule has 1 fully saturated rings. The van der Waals surface area contributed by atoms with Crippen molar-refractivity contribution in [2.75, 3.05) is 13.2 Å². The fourth-order valence-electron chi connectivity index (χ4n) is 6.50. The third kappa shape index (κ3) is 24.7. The molecule has 0 aliphatic carbocycles. The standard InChI is InChI=1S/C43H79NO8/c1-3-5-6-7-8-9-10-11-12-13-14-15-16-17-18-19-20-21-22-23-24-25-26-27-28-29-30-31-32-33-37(46)36(44-39(47)4-2)35-51-43-42(50)41(49)40(48)38(34-45)52-43/h24-25,28-29,32-33,36-38,40-43,45-46,48-50H,3-23,26-27,30-31,34-35H2,1-2H3,(H,44,47)/b25-24+,29-28+,33-32+. The number of aliphatic hydroxyl groups is 5. The van der Waals surface area contributed by atoms with Gasteiger partial charge in [0.15, 0.2) is 6.29 Å². The van der Waals surface area contributed by atoms with Crippen molar-refractivity contribution in [3.05, 3.63) is 36.5 Å². The van der Waals surface area contributed by atoms with Gasteiger partial charge in [-0.05, 0) is 38.5 Å². The number of nitrogens with one attached hydrogen (secondary N) is 1. The molecule has 9 heteroatoms. The Morgan fingerprint density at radius 3 is 1.54 bits per heavy atom. The third-order valence-corrected chi connectivity index (χ3v) is 10.0. The van der Waals surface area contributed by atoms with Crippen molar-refractivity contribution in [1.82, 2.24) is 5.32 Å². The number of hydrogen-bond donors (Lipinski definition) is 6. The van der Waals surface area contributed by atoms with Gasteiger partial charge in [0.05, 0.1) is 25.4 Å². The molecular formula is C43H79NO8. The fraction of sp³-hybridized carbons (Fsp3) is 0.837. The maximum Gasteiger partial charge on any atom is 0.220 e. The topological polar surface area (TPSA) is 149 Å². The Balaban J connectivity index is 2.04. The minimum Gasteiger partial charge on any atom is -0.394 e. The van der Waals surface area contributed by atoms with E-state index < -0.39 is 49.5 Å². The maximum atomic E-state index is 12.0. The molecule has 7 atom stereocenters. The average Bonchev–Trinajstić information content (AvgIpc) is 3.15. The Labute approximate surface area is 317 Å². The Kier molecular flexibility index (Phi) is 31.6. The maximum absolute atomic E-state index is 12.0. The van der Waals surface area contributed by atoms with Crippen LogP contribution in [0.5, 0.6) is 0 Å². The summed E-state index contributed by atoms with van der Waals surface area (Å²) in [5.74, 6) is -0.280. The molecular weight excluding hydrogens is 658 g/mol. The summed E-state index contributed by atoms with van der Waals surface area (Å²) in [6, 6.07) is -0.822.